The molecule has 118 valence electrons. The van der Waals surface area contributed by atoms with Crippen LogP contribution in [0.3, 0.4) is 0 Å². The van der Waals surface area contributed by atoms with Crippen molar-refractivity contribution in [2.45, 2.75) is 9.50 Å². The molecule has 0 amide bonds. The lowest BCUT2D eigenvalue weighted by molar-refractivity contribution is -0.380. The largest absolute Gasteiger partial charge is 0.497 e. The fourth-order valence-electron chi connectivity index (χ4n) is 1.79. The third kappa shape index (κ3) is 3.10. The van der Waals surface area contributed by atoms with Gasteiger partial charge in [-0.25, -0.2) is 19.4 Å². The van der Waals surface area contributed by atoms with Gasteiger partial charge < -0.3 is 4.74 Å². The molecule has 0 atom stereocenters. The van der Waals surface area contributed by atoms with Crippen molar-refractivity contribution in [2.24, 2.45) is 0 Å². The molecule has 3 rings (SSSR count). The van der Waals surface area contributed by atoms with E-state index in [2.05, 4.69) is 15.2 Å². The first-order chi connectivity index (χ1) is 11.1. The molecule has 1 N–H and O–H groups in total. The van der Waals surface area contributed by atoms with E-state index in [1.807, 2.05) is 0 Å². The Kier molecular flexibility index (Phi) is 4.12. The fraction of sp³-hybridized carbons (Fsp3) is 0.0833. The van der Waals surface area contributed by atoms with Gasteiger partial charge in [-0.05, 0) is 35.2 Å². The Morgan fingerprint density at radius 1 is 1.48 bits per heavy atom. The maximum atomic E-state index is 12.0. The summed E-state index contributed by atoms with van der Waals surface area (Å²) < 4.78 is 6.91. The average molecular weight is 351 g/mol. The van der Waals surface area contributed by atoms with E-state index in [1.165, 1.54) is 17.9 Å². The summed E-state index contributed by atoms with van der Waals surface area (Å²) in [7, 11) is 1.53. The van der Waals surface area contributed by atoms with E-state index in [9.17, 15) is 14.9 Å². The number of ether oxygens (including phenoxy) is 1. The zero-order chi connectivity index (χ0) is 16.4. The summed E-state index contributed by atoms with van der Waals surface area (Å²) in [6, 6.07) is 6.92. The van der Waals surface area contributed by atoms with Gasteiger partial charge in [0.15, 0.2) is 4.34 Å². The number of aromatic amines is 1. The first-order valence-corrected chi connectivity index (χ1v) is 7.81. The monoisotopic (exact) mass is 351 g/mol. The van der Waals surface area contributed by atoms with Crippen LogP contribution < -0.4 is 10.4 Å². The summed E-state index contributed by atoms with van der Waals surface area (Å²) in [6.45, 7) is 0. The van der Waals surface area contributed by atoms with Gasteiger partial charge in [-0.1, -0.05) is 6.07 Å². The normalized spacial score (nSPS) is 10.7. The molecule has 9 nitrogen and oxygen atoms in total. The molecule has 0 bridgehead atoms. The van der Waals surface area contributed by atoms with Gasteiger partial charge in [-0.15, -0.1) is 5.10 Å². The summed E-state index contributed by atoms with van der Waals surface area (Å²) in [5, 5.41) is 17.3. The van der Waals surface area contributed by atoms with Crippen LogP contribution in [0.2, 0.25) is 0 Å². The van der Waals surface area contributed by atoms with Crippen LogP contribution in [0.25, 0.3) is 5.69 Å². The van der Waals surface area contributed by atoms with Crippen LogP contribution in [0.1, 0.15) is 0 Å². The molecule has 0 fully saturated rings. The second-order valence-corrected chi connectivity index (χ2v) is 6.40. The molecule has 0 saturated carbocycles. The summed E-state index contributed by atoms with van der Waals surface area (Å²) in [6.07, 6.45) is 1.17. The minimum absolute atomic E-state index is 0.0710. The number of rotatable bonds is 5. The molecule has 0 spiro atoms. The SMILES string of the molecule is COc1cccc(-n2c(Sc3ncc([N+](=O)[O-])s3)n[nH]c2=O)c1. The lowest BCUT2D eigenvalue weighted by atomic mass is 10.3. The van der Waals surface area contributed by atoms with E-state index in [1.54, 1.807) is 24.3 Å². The van der Waals surface area contributed by atoms with E-state index in [0.717, 1.165) is 23.1 Å². The fourth-order valence-corrected chi connectivity index (χ4v) is 3.53. The van der Waals surface area contributed by atoms with Crippen molar-refractivity contribution in [2.75, 3.05) is 7.11 Å². The van der Waals surface area contributed by atoms with Gasteiger partial charge in [-0.3, -0.25) is 10.1 Å². The first-order valence-electron chi connectivity index (χ1n) is 6.18. The van der Waals surface area contributed by atoms with Crippen LogP contribution in [-0.4, -0.2) is 31.8 Å². The number of hydrogen-bond acceptors (Lipinski definition) is 8. The lowest BCUT2D eigenvalue weighted by Crippen LogP contribution is -2.15. The standard InChI is InChI=1S/C12H9N5O4S2/c1-21-8-4-2-3-7(5-8)16-10(18)14-15-11(16)23-12-13-6-9(22-12)17(19)20/h2-6H,1H3,(H,14,18). The molecule has 2 aromatic heterocycles. The quantitative estimate of drug-likeness (QED) is 0.552. The highest BCUT2D eigenvalue weighted by atomic mass is 32.2. The number of nitrogens with one attached hydrogen (secondary N) is 1. The Hall–Kier alpha value is -2.66. The Morgan fingerprint density at radius 2 is 2.30 bits per heavy atom. The smallest absolute Gasteiger partial charge is 0.348 e. The molecule has 0 radical (unpaired) electrons. The summed E-state index contributed by atoms with van der Waals surface area (Å²) in [4.78, 5) is 26.2. The molecule has 23 heavy (non-hydrogen) atoms. The van der Waals surface area contributed by atoms with E-state index >= 15 is 0 Å². The third-order valence-electron chi connectivity index (χ3n) is 2.78. The summed E-state index contributed by atoms with van der Waals surface area (Å²) in [5.74, 6) is 0.594. The van der Waals surface area contributed by atoms with Gasteiger partial charge in [0.25, 0.3) is 0 Å². The topological polar surface area (TPSA) is 116 Å². The molecule has 0 aliphatic heterocycles. The number of nitrogens with zero attached hydrogens (tertiary/aromatic N) is 4. The average Bonchev–Trinajstić information content (AvgIpc) is 3.15. The number of benzene rings is 1. The van der Waals surface area contributed by atoms with Gasteiger partial charge >= 0.3 is 10.7 Å². The minimum atomic E-state index is -0.512. The number of nitro groups is 1. The van der Waals surface area contributed by atoms with Crippen molar-refractivity contribution in [3.05, 3.63) is 51.1 Å². The molecular weight excluding hydrogens is 342 g/mol. The number of aromatic nitrogens is 4. The molecule has 0 saturated heterocycles. The van der Waals surface area contributed by atoms with E-state index in [4.69, 9.17) is 4.74 Å². The van der Waals surface area contributed by atoms with Gasteiger partial charge in [-0.2, -0.15) is 0 Å². The van der Waals surface area contributed by atoms with Crippen LogP contribution in [0.4, 0.5) is 5.00 Å². The molecule has 0 unspecified atom stereocenters. The minimum Gasteiger partial charge on any atom is -0.497 e. The van der Waals surface area contributed by atoms with Crippen molar-refractivity contribution >= 4 is 28.1 Å². The van der Waals surface area contributed by atoms with Gasteiger partial charge in [0.05, 0.1) is 17.7 Å². The summed E-state index contributed by atoms with van der Waals surface area (Å²) in [5.41, 5.74) is 0.142. The zero-order valence-corrected chi connectivity index (χ0v) is 13.3. The zero-order valence-electron chi connectivity index (χ0n) is 11.6. The second-order valence-electron chi connectivity index (χ2n) is 4.17. The van der Waals surface area contributed by atoms with Gasteiger partial charge in [0.2, 0.25) is 5.16 Å². The lowest BCUT2D eigenvalue weighted by Gasteiger charge is -2.06. The molecular formula is C12H9N5O4S2. The molecule has 2 heterocycles. The van der Waals surface area contributed by atoms with Crippen molar-refractivity contribution in [3.8, 4) is 11.4 Å². The first kappa shape index (κ1) is 15.2. The Labute approximate surface area is 137 Å². The Morgan fingerprint density at radius 3 is 3.00 bits per heavy atom. The third-order valence-corrected chi connectivity index (χ3v) is 4.76. The van der Waals surface area contributed by atoms with Crippen LogP contribution >= 0.6 is 23.1 Å². The number of H-pyrrole nitrogens is 1. The van der Waals surface area contributed by atoms with Gasteiger partial charge in [0.1, 0.15) is 11.9 Å². The molecule has 11 heteroatoms. The van der Waals surface area contributed by atoms with Crippen LogP contribution in [0.5, 0.6) is 5.75 Å². The van der Waals surface area contributed by atoms with E-state index in [-0.39, 0.29) is 5.00 Å². The highest BCUT2D eigenvalue weighted by Gasteiger charge is 2.17. The number of methoxy groups -OCH3 is 1. The molecule has 0 aliphatic carbocycles. The van der Waals surface area contributed by atoms with Crippen molar-refractivity contribution in [1.29, 1.82) is 0 Å². The van der Waals surface area contributed by atoms with E-state index in [0.29, 0.717) is 20.9 Å². The van der Waals surface area contributed by atoms with Crippen molar-refractivity contribution in [3.63, 3.8) is 0 Å². The number of hydrogen-bond donors (Lipinski definition) is 1. The highest BCUT2D eigenvalue weighted by molar-refractivity contribution is 8.00. The summed E-state index contributed by atoms with van der Waals surface area (Å²) >= 11 is 1.98. The Bertz CT molecular complexity index is 916. The molecule has 1 aromatic carbocycles. The maximum Gasteiger partial charge on any atom is 0.348 e. The second kappa shape index (κ2) is 6.22. The molecule has 0 aliphatic rings. The van der Waals surface area contributed by atoms with E-state index < -0.39 is 10.6 Å². The predicted octanol–water partition coefficient (Wildman–Crippen LogP) is 2.09. The Balaban J connectivity index is 1.97. The molecule has 3 aromatic rings. The highest BCUT2D eigenvalue weighted by Crippen LogP contribution is 2.33. The predicted molar refractivity (Wildman–Crippen MR) is 83.6 cm³/mol. The van der Waals surface area contributed by atoms with Crippen LogP contribution in [0, 0.1) is 10.1 Å². The number of thiazole rings is 1. The van der Waals surface area contributed by atoms with Crippen LogP contribution in [-0.2, 0) is 0 Å². The van der Waals surface area contributed by atoms with Gasteiger partial charge in [0, 0.05) is 6.07 Å². The van der Waals surface area contributed by atoms with Crippen LogP contribution in [0.15, 0.2) is 44.8 Å². The maximum absolute atomic E-state index is 12.0. The van der Waals surface area contributed by atoms with Crippen molar-refractivity contribution < 1.29 is 9.66 Å². The van der Waals surface area contributed by atoms with Crippen molar-refractivity contribution in [1.82, 2.24) is 19.7 Å².